The normalized spacial score (nSPS) is 10.6. The Balaban J connectivity index is 2.87. The van der Waals surface area contributed by atoms with Crippen LogP contribution < -0.4 is 0 Å². The third kappa shape index (κ3) is 2.31. The molecule has 0 aliphatic heterocycles. The van der Waals surface area contributed by atoms with Gasteiger partial charge < -0.3 is 0 Å². The molecule has 0 saturated heterocycles. The minimum atomic E-state index is 0.734. The number of fused-ring (bicyclic) bond motifs is 1. The Bertz CT molecular complexity index is 549. The van der Waals surface area contributed by atoms with Gasteiger partial charge in [0.2, 0.25) is 0 Å². The summed E-state index contributed by atoms with van der Waals surface area (Å²) >= 11 is 7.00. The molecule has 15 heavy (non-hydrogen) atoms. The van der Waals surface area contributed by atoms with Gasteiger partial charge in [-0.25, -0.2) is 0 Å². The Kier molecular flexibility index (Phi) is 3.87. The molecule has 0 radical (unpaired) electrons. The van der Waals surface area contributed by atoms with Crippen molar-refractivity contribution in [3.05, 3.63) is 40.5 Å². The summed E-state index contributed by atoms with van der Waals surface area (Å²) in [6.07, 6.45) is 0.889. The molecule has 2 aromatic rings. The summed E-state index contributed by atoms with van der Waals surface area (Å²) in [5, 5.41) is 2.35. The molecule has 2 rings (SSSR count). The molecule has 0 N–H and O–H groups in total. The molecule has 0 aromatic heterocycles. The van der Waals surface area contributed by atoms with E-state index in [1.54, 1.807) is 0 Å². The zero-order valence-electron chi connectivity index (χ0n) is 7.43. The van der Waals surface area contributed by atoms with E-state index in [0.717, 1.165) is 17.2 Å². The van der Waals surface area contributed by atoms with Gasteiger partial charge in [-0.05, 0) is 90.7 Å². The quantitative estimate of drug-likeness (QED) is 0.300. The van der Waals surface area contributed by atoms with Crippen LogP contribution in [0.5, 0.6) is 0 Å². The summed E-state index contributed by atoms with van der Waals surface area (Å²) in [4.78, 5) is 10.7. The van der Waals surface area contributed by atoms with Crippen LogP contribution in [0, 0.1) is 10.7 Å². The van der Waals surface area contributed by atoms with Crippen LogP contribution in [0.2, 0.25) is 0 Å². The van der Waals surface area contributed by atoms with Crippen molar-refractivity contribution in [3.63, 3.8) is 0 Å². The van der Waals surface area contributed by atoms with E-state index in [4.69, 9.17) is 0 Å². The van der Waals surface area contributed by atoms with Crippen LogP contribution in [-0.2, 0) is 0 Å². The van der Waals surface area contributed by atoms with Crippen molar-refractivity contribution < 1.29 is 4.79 Å². The fourth-order valence-electron chi connectivity index (χ4n) is 1.39. The molecule has 0 atom stereocenters. The van der Waals surface area contributed by atoms with E-state index in [0.29, 0.717) is 0 Å². The highest BCUT2D eigenvalue weighted by atomic mass is 127. The van der Waals surface area contributed by atoms with Gasteiger partial charge in [-0.1, -0.05) is 12.1 Å². The SMILES string of the molecule is O=Cc1ccc2cc(I)c(I)c(I)c2c1. The third-order valence-electron chi connectivity index (χ3n) is 2.13. The average molecular weight is 534 g/mol. The highest BCUT2D eigenvalue weighted by Crippen LogP contribution is 2.30. The van der Waals surface area contributed by atoms with Crippen LogP contribution in [0.15, 0.2) is 24.3 Å². The van der Waals surface area contributed by atoms with Crippen molar-refractivity contribution >= 4 is 84.8 Å². The molecule has 0 aliphatic rings. The van der Waals surface area contributed by atoms with Crippen molar-refractivity contribution in [2.45, 2.75) is 0 Å². The van der Waals surface area contributed by atoms with E-state index in [1.165, 1.54) is 16.1 Å². The van der Waals surface area contributed by atoms with Gasteiger partial charge in [0.1, 0.15) is 6.29 Å². The molecular weight excluding hydrogens is 529 g/mol. The summed E-state index contributed by atoms with van der Waals surface area (Å²) in [6.45, 7) is 0. The Hall–Kier alpha value is 0.560. The summed E-state index contributed by atoms with van der Waals surface area (Å²) in [6, 6.07) is 7.95. The van der Waals surface area contributed by atoms with Crippen molar-refractivity contribution in [2.24, 2.45) is 0 Å². The van der Waals surface area contributed by atoms with Crippen LogP contribution >= 0.6 is 67.8 Å². The maximum Gasteiger partial charge on any atom is 0.150 e. The number of hydrogen-bond acceptors (Lipinski definition) is 1. The summed E-state index contributed by atoms with van der Waals surface area (Å²) < 4.78 is 3.73. The number of rotatable bonds is 1. The van der Waals surface area contributed by atoms with Crippen molar-refractivity contribution in [1.82, 2.24) is 0 Å². The molecule has 4 heteroatoms. The zero-order chi connectivity index (χ0) is 11.0. The second-order valence-corrected chi connectivity index (χ2v) is 6.40. The van der Waals surface area contributed by atoms with E-state index in [2.05, 4.69) is 73.8 Å². The predicted octanol–water partition coefficient (Wildman–Crippen LogP) is 4.47. The van der Waals surface area contributed by atoms with E-state index >= 15 is 0 Å². The summed E-state index contributed by atoms with van der Waals surface area (Å²) in [5.74, 6) is 0. The Morgan fingerprint density at radius 3 is 2.40 bits per heavy atom. The maximum atomic E-state index is 10.7. The Morgan fingerprint density at radius 2 is 1.73 bits per heavy atom. The lowest BCUT2D eigenvalue weighted by atomic mass is 10.1. The number of benzene rings is 2. The monoisotopic (exact) mass is 534 g/mol. The average Bonchev–Trinajstić information content (AvgIpc) is 2.26. The molecule has 0 amide bonds. The molecule has 0 fully saturated rings. The lowest BCUT2D eigenvalue weighted by Crippen LogP contribution is -1.89. The molecule has 0 aliphatic carbocycles. The first-order valence-electron chi connectivity index (χ1n) is 4.16. The van der Waals surface area contributed by atoms with Crippen LogP contribution in [0.1, 0.15) is 10.4 Å². The number of carbonyl (C=O) groups is 1. The standard InChI is InChI=1S/C11H5I3O/c12-9-4-7-2-1-6(5-15)3-8(7)10(13)11(9)14/h1-5H. The number of carbonyl (C=O) groups excluding carboxylic acids is 1. The van der Waals surface area contributed by atoms with Gasteiger partial charge in [0.25, 0.3) is 0 Å². The summed E-state index contributed by atoms with van der Waals surface area (Å²) in [7, 11) is 0. The largest absolute Gasteiger partial charge is 0.298 e. The first-order valence-corrected chi connectivity index (χ1v) is 7.39. The number of halogens is 3. The van der Waals surface area contributed by atoms with Crippen LogP contribution in [-0.4, -0.2) is 6.29 Å². The predicted molar refractivity (Wildman–Crippen MR) is 87.5 cm³/mol. The van der Waals surface area contributed by atoms with Gasteiger partial charge in [0.05, 0.1) is 0 Å². The second kappa shape index (κ2) is 4.82. The molecule has 1 nitrogen and oxygen atoms in total. The highest BCUT2D eigenvalue weighted by Gasteiger charge is 2.07. The molecule has 0 saturated carbocycles. The van der Waals surface area contributed by atoms with Gasteiger partial charge in [-0.15, -0.1) is 0 Å². The van der Waals surface area contributed by atoms with Gasteiger partial charge in [-0.3, -0.25) is 4.79 Å². The first-order chi connectivity index (χ1) is 7.13. The topological polar surface area (TPSA) is 17.1 Å². The fraction of sp³-hybridized carbons (Fsp3) is 0. The van der Waals surface area contributed by atoms with Crippen LogP contribution in [0.25, 0.3) is 10.8 Å². The maximum absolute atomic E-state index is 10.7. The van der Waals surface area contributed by atoms with Gasteiger partial charge in [0.15, 0.2) is 0 Å². The van der Waals surface area contributed by atoms with E-state index < -0.39 is 0 Å². The minimum Gasteiger partial charge on any atom is -0.298 e. The van der Waals surface area contributed by atoms with E-state index in [1.807, 2.05) is 18.2 Å². The van der Waals surface area contributed by atoms with Gasteiger partial charge in [0, 0.05) is 16.3 Å². The first kappa shape index (κ1) is 12.0. The Morgan fingerprint density at radius 1 is 1.00 bits per heavy atom. The molecule has 0 spiro atoms. The summed E-state index contributed by atoms with van der Waals surface area (Å²) in [5.41, 5.74) is 0.734. The van der Waals surface area contributed by atoms with Crippen LogP contribution in [0.4, 0.5) is 0 Å². The highest BCUT2D eigenvalue weighted by molar-refractivity contribution is 14.1. The molecule has 0 heterocycles. The van der Waals surface area contributed by atoms with Crippen molar-refractivity contribution in [3.8, 4) is 0 Å². The molecular formula is C11H5I3O. The third-order valence-corrected chi connectivity index (χ3v) is 7.29. The van der Waals surface area contributed by atoms with E-state index in [9.17, 15) is 4.79 Å². The molecule has 0 unspecified atom stereocenters. The number of hydrogen-bond donors (Lipinski definition) is 0. The Labute approximate surface area is 128 Å². The molecule has 76 valence electrons. The lowest BCUT2D eigenvalue weighted by molar-refractivity contribution is 0.112. The second-order valence-electron chi connectivity index (χ2n) is 3.08. The van der Waals surface area contributed by atoms with Crippen molar-refractivity contribution in [1.29, 1.82) is 0 Å². The molecule has 2 aromatic carbocycles. The van der Waals surface area contributed by atoms with E-state index in [-0.39, 0.29) is 0 Å². The lowest BCUT2D eigenvalue weighted by Gasteiger charge is -2.06. The van der Waals surface area contributed by atoms with Crippen LogP contribution in [0.3, 0.4) is 0 Å². The van der Waals surface area contributed by atoms with Gasteiger partial charge in [-0.2, -0.15) is 0 Å². The number of aldehydes is 1. The molecule has 0 bridgehead atoms. The smallest absolute Gasteiger partial charge is 0.150 e. The van der Waals surface area contributed by atoms with Crippen molar-refractivity contribution in [2.75, 3.05) is 0 Å². The fourth-order valence-corrected chi connectivity index (χ4v) is 3.71. The zero-order valence-corrected chi connectivity index (χ0v) is 13.9. The van der Waals surface area contributed by atoms with Gasteiger partial charge >= 0.3 is 0 Å². The minimum absolute atomic E-state index is 0.734.